The number of carbonyl (C=O) groups is 2. The highest BCUT2D eigenvalue weighted by Gasteiger charge is 2.17. The highest BCUT2D eigenvalue weighted by molar-refractivity contribution is 5.92. The Hall–Kier alpha value is -2.50. The van der Waals surface area contributed by atoms with Gasteiger partial charge in [0.25, 0.3) is 0 Å². The molecule has 1 aromatic rings. The van der Waals surface area contributed by atoms with Gasteiger partial charge in [-0.1, -0.05) is 19.4 Å². The lowest BCUT2D eigenvalue weighted by molar-refractivity contribution is -0.132. The van der Waals surface area contributed by atoms with Gasteiger partial charge in [-0.25, -0.2) is 9.59 Å². The summed E-state index contributed by atoms with van der Waals surface area (Å²) >= 11 is 0. The average molecular weight is 392 g/mol. The molecule has 0 heterocycles. The molecular weight excluding hydrogens is 358 g/mol. The molecule has 0 aliphatic rings. The zero-order valence-electron chi connectivity index (χ0n) is 17.8. The Bertz CT molecular complexity index is 716. The molecule has 6 nitrogen and oxygen atoms in total. The van der Waals surface area contributed by atoms with Crippen molar-refractivity contribution in [3.8, 4) is 5.75 Å². The largest absolute Gasteiger partial charge is 0.496 e. The van der Waals surface area contributed by atoms with E-state index in [1.165, 1.54) is 0 Å². The zero-order chi connectivity index (χ0) is 21.3. The Kier molecular flexibility index (Phi) is 9.03. The van der Waals surface area contributed by atoms with Gasteiger partial charge in [-0.15, -0.1) is 0 Å². The monoisotopic (exact) mass is 391 g/mol. The third kappa shape index (κ3) is 7.62. The van der Waals surface area contributed by atoms with Gasteiger partial charge in [0, 0.05) is 12.1 Å². The van der Waals surface area contributed by atoms with E-state index < -0.39 is 17.7 Å². The molecule has 0 spiro atoms. The maximum atomic E-state index is 11.9. The zero-order valence-corrected chi connectivity index (χ0v) is 17.8. The second kappa shape index (κ2) is 10.7. The Morgan fingerprint density at radius 1 is 1.25 bits per heavy atom. The summed E-state index contributed by atoms with van der Waals surface area (Å²) in [6.07, 6.45) is 4.07. The van der Waals surface area contributed by atoms with Crippen molar-refractivity contribution in [2.75, 3.05) is 13.7 Å². The van der Waals surface area contributed by atoms with E-state index in [9.17, 15) is 14.7 Å². The molecule has 0 bridgehead atoms. The van der Waals surface area contributed by atoms with E-state index in [1.54, 1.807) is 13.2 Å². The van der Waals surface area contributed by atoms with Crippen LogP contribution in [-0.2, 0) is 16.0 Å². The predicted molar refractivity (Wildman–Crippen MR) is 111 cm³/mol. The second-order valence-electron chi connectivity index (χ2n) is 7.72. The molecule has 1 amide bonds. The molecular formula is C22H33NO5. The number of unbranched alkanes of at least 4 members (excludes halogenated alkanes) is 1. The first-order valence-corrected chi connectivity index (χ1v) is 9.66. The number of rotatable bonds is 9. The van der Waals surface area contributed by atoms with Crippen LogP contribution in [0.15, 0.2) is 17.7 Å². The number of nitrogens with one attached hydrogen (secondary N) is 1. The van der Waals surface area contributed by atoms with Crippen LogP contribution in [-0.4, -0.2) is 36.4 Å². The van der Waals surface area contributed by atoms with E-state index in [0.29, 0.717) is 25.0 Å². The van der Waals surface area contributed by atoms with Gasteiger partial charge in [0.2, 0.25) is 0 Å². The minimum Gasteiger partial charge on any atom is -0.496 e. The maximum Gasteiger partial charge on any atom is 0.407 e. The highest BCUT2D eigenvalue weighted by Crippen LogP contribution is 2.27. The minimum atomic E-state index is -0.903. The SMILES string of the molecule is CCCCC(=Cc1ccc(OC)c(C)c1CCNC(=O)OC(C)(C)C)C(=O)O. The first-order chi connectivity index (χ1) is 13.1. The summed E-state index contributed by atoms with van der Waals surface area (Å²) in [5, 5.41) is 12.3. The van der Waals surface area contributed by atoms with Gasteiger partial charge in [-0.2, -0.15) is 0 Å². The fraction of sp³-hybridized carbons (Fsp3) is 0.545. The van der Waals surface area contributed by atoms with Crippen molar-refractivity contribution in [1.82, 2.24) is 5.32 Å². The van der Waals surface area contributed by atoms with Crippen molar-refractivity contribution in [2.45, 2.75) is 65.9 Å². The average Bonchev–Trinajstić information content (AvgIpc) is 2.59. The quantitative estimate of drug-likeness (QED) is 0.595. The van der Waals surface area contributed by atoms with Gasteiger partial charge in [0.1, 0.15) is 11.4 Å². The Balaban J connectivity index is 3.07. The van der Waals surface area contributed by atoms with Gasteiger partial charge in [0.05, 0.1) is 7.11 Å². The molecule has 28 heavy (non-hydrogen) atoms. The second-order valence-corrected chi connectivity index (χ2v) is 7.72. The van der Waals surface area contributed by atoms with Crippen LogP contribution in [0.25, 0.3) is 6.08 Å². The molecule has 0 atom stereocenters. The van der Waals surface area contributed by atoms with Crippen LogP contribution in [0.1, 0.15) is 63.6 Å². The number of benzene rings is 1. The number of aliphatic carboxylic acids is 1. The Morgan fingerprint density at radius 2 is 1.93 bits per heavy atom. The molecule has 0 unspecified atom stereocenters. The van der Waals surface area contributed by atoms with Gasteiger partial charge >= 0.3 is 12.1 Å². The van der Waals surface area contributed by atoms with E-state index >= 15 is 0 Å². The summed E-state index contributed by atoms with van der Waals surface area (Å²) < 4.78 is 10.7. The molecule has 0 aromatic heterocycles. The standard InChI is InChI=1S/C22H33NO5/c1-7-8-9-17(20(24)25)14-16-10-11-19(27-6)15(2)18(16)12-13-23-21(26)28-22(3,4)5/h10-11,14H,7-9,12-13H2,1-6H3,(H,23,26)(H,24,25). The lowest BCUT2D eigenvalue weighted by Gasteiger charge is -2.20. The van der Waals surface area contributed by atoms with Crippen LogP contribution in [0.2, 0.25) is 0 Å². The van der Waals surface area contributed by atoms with E-state index in [2.05, 4.69) is 5.32 Å². The van der Waals surface area contributed by atoms with Crippen LogP contribution in [0.4, 0.5) is 4.79 Å². The molecule has 1 aromatic carbocycles. The number of hydrogen-bond donors (Lipinski definition) is 2. The van der Waals surface area contributed by atoms with E-state index in [-0.39, 0.29) is 0 Å². The topological polar surface area (TPSA) is 84.9 Å². The van der Waals surface area contributed by atoms with Gasteiger partial charge in [-0.05, 0) is 75.8 Å². The summed E-state index contributed by atoms with van der Waals surface area (Å²) in [6.45, 7) is 9.78. The fourth-order valence-corrected chi connectivity index (χ4v) is 2.84. The first-order valence-electron chi connectivity index (χ1n) is 9.66. The molecule has 0 fully saturated rings. The lowest BCUT2D eigenvalue weighted by atomic mass is 9.95. The van der Waals surface area contributed by atoms with Crippen LogP contribution in [0.5, 0.6) is 5.75 Å². The van der Waals surface area contributed by atoms with E-state index in [4.69, 9.17) is 9.47 Å². The van der Waals surface area contributed by atoms with E-state index in [0.717, 1.165) is 35.3 Å². The Labute approximate surface area is 167 Å². The van der Waals surface area contributed by atoms with Crippen molar-refractivity contribution in [3.05, 3.63) is 34.4 Å². The summed E-state index contributed by atoms with van der Waals surface area (Å²) in [7, 11) is 1.60. The van der Waals surface area contributed by atoms with Crippen molar-refractivity contribution in [2.24, 2.45) is 0 Å². The van der Waals surface area contributed by atoms with Crippen molar-refractivity contribution >= 4 is 18.1 Å². The van der Waals surface area contributed by atoms with Crippen LogP contribution >= 0.6 is 0 Å². The van der Waals surface area contributed by atoms with Gasteiger partial charge in [-0.3, -0.25) is 0 Å². The highest BCUT2D eigenvalue weighted by atomic mass is 16.6. The molecule has 0 saturated carbocycles. The number of methoxy groups -OCH3 is 1. The van der Waals surface area contributed by atoms with Crippen molar-refractivity contribution in [1.29, 1.82) is 0 Å². The number of carboxylic acids is 1. The number of carboxylic acid groups (broad SMARTS) is 1. The predicted octanol–water partition coefficient (Wildman–Crippen LogP) is 4.73. The molecule has 0 aliphatic carbocycles. The van der Waals surface area contributed by atoms with E-state index in [1.807, 2.05) is 46.8 Å². The Morgan fingerprint density at radius 3 is 2.46 bits per heavy atom. The third-order valence-electron chi connectivity index (χ3n) is 4.25. The first kappa shape index (κ1) is 23.5. The number of amides is 1. The van der Waals surface area contributed by atoms with Crippen LogP contribution in [0, 0.1) is 6.92 Å². The molecule has 6 heteroatoms. The third-order valence-corrected chi connectivity index (χ3v) is 4.25. The number of carbonyl (C=O) groups excluding carboxylic acids is 1. The normalized spacial score (nSPS) is 11.9. The molecule has 0 aliphatic heterocycles. The molecule has 1 rings (SSSR count). The van der Waals surface area contributed by atoms with Gasteiger partial charge < -0.3 is 19.9 Å². The summed E-state index contributed by atoms with van der Waals surface area (Å²) in [5.41, 5.74) is 2.54. The molecule has 2 N–H and O–H groups in total. The molecule has 156 valence electrons. The van der Waals surface area contributed by atoms with Crippen molar-refractivity contribution in [3.63, 3.8) is 0 Å². The van der Waals surface area contributed by atoms with Crippen LogP contribution in [0.3, 0.4) is 0 Å². The minimum absolute atomic E-state index is 0.376. The number of hydrogen-bond acceptors (Lipinski definition) is 4. The van der Waals surface area contributed by atoms with Crippen LogP contribution < -0.4 is 10.1 Å². The number of alkyl carbamates (subject to hydrolysis) is 1. The smallest absolute Gasteiger partial charge is 0.407 e. The van der Waals surface area contributed by atoms with Crippen molar-refractivity contribution < 1.29 is 24.2 Å². The summed E-state index contributed by atoms with van der Waals surface area (Å²) in [5.74, 6) is -0.172. The molecule has 0 saturated heterocycles. The summed E-state index contributed by atoms with van der Waals surface area (Å²) in [6, 6.07) is 3.70. The lowest BCUT2D eigenvalue weighted by Crippen LogP contribution is -2.33. The van der Waals surface area contributed by atoms with Gasteiger partial charge in [0.15, 0.2) is 0 Å². The maximum absolute atomic E-state index is 11.9. The number of ether oxygens (including phenoxy) is 2. The molecule has 0 radical (unpaired) electrons. The fourth-order valence-electron chi connectivity index (χ4n) is 2.84. The summed E-state index contributed by atoms with van der Waals surface area (Å²) in [4.78, 5) is 23.5.